The molecule has 6 rings (SSSR count). The van der Waals surface area contributed by atoms with Crippen molar-refractivity contribution < 1.29 is 0 Å². The molecule has 148 valence electrons. The highest BCUT2D eigenvalue weighted by Crippen LogP contribution is 2.25. The number of hydrogen-bond acceptors (Lipinski definition) is 4. The molecule has 0 saturated heterocycles. The van der Waals surface area contributed by atoms with Crippen LogP contribution < -0.4 is 0 Å². The van der Waals surface area contributed by atoms with Crippen LogP contribution >= 0.6 is 0 Å². The van der Waals surface area contributed by atoms with E-state index in [1.54, 1.807) is 0 Å². The predicted molar refractivity (Wildman–Crippen MR) is 126 cm³/mol. The molecule has 4 heteroatoms. The molecule has 0 radical (unpaired) electrons. The Hall–Kier alpha value is -3.92. The maximum Gasteiger partial charge on any atom is 0.0968 e. The Kier molecular flexibility index (Phi) is 3.93. The van der Waals surface area contributed by atoms with E-state index in [-0.39, 0.29) is 0 Å². The summed E-state index contributed by atoms with van der Waals surface area (Å²) < 4.78 is 0. The molecule has 0 unspecified atom stereocenters. The van der Waals surface area contributed by atoms with Gasteiger partial charge in [0.05, 0.1) is 22.1 Å². The molecule has 0 bridgehead atoms. The smallest absolute Gasteiger partial charge is 0.0968 e. The second kappa shape index (κ2) is 6.81. The third-order valence-corrected chi connectivity index (χ3v) is 5.80. The number of benzene rings is 2. The van der Waals surface area contributed by atoms with E-state index in [0.717, 1.165) is 66.4 Å². The Morgan fingerprint density at radius 2 is 0.742 bits per heavy atom. The van der Waals surface area contributed by atoms with Crippen LogP contribution in [0.4, 0.5) is 0 Å². The van der Waals surface area contributed by atoms with Gasteiger partial charge in [-0.1, -0.05) is 48.5 Å². The second-order valence-corrected chi connectivity index (χ2v) is 8.11. The number of aromatic nitrogens is 4. The van der Waals surface area contributed by atoms with Crippen LogP contribution in [-0.4, -0.2) is 19.9 Å². The molecule has 0 atom stereocenters. The third-order valence-electron chi connectivity index (χ3n) is 5.80. The van der Waals surface area contributed by atoms with Gasteiger partial charge in [-0.3, -0.25) is 19.9 Å². The summed E-state index contributed by atoms with van der Waals surface area (Å²) in [5.41, 5.74) is 7.77. The number of rotatable bonds is 2. The summed E-state index contributed by atoms with van der Waals surface area (Å²) in [6, 6.07) is 25.2. The van der Waals surface area contributed by atoms with Gasteiger partial charge in [0.25, 0.3) is 0 Å². The average Bonchev–Trinajstić information content (AvgIpc) is 2.79. The largest absolute Gasteiger partial charge is 0.251 e. The average molecular weight is 400 g/mol. The highest BCUT2D eigenvalue weighted by molar-refractivity contribution is 6.03. The van der Waals surface area contributed by atoms with Crippen molar-refractivity contribution in [3.63, 3.8) is 0 Å². The fraction of sp³-hybridized carbons (Fsp3) is 0.111. The summed E-state index contributed by atoms with van der Waals surface area (Å²) in [7, 11) is 0. The normalized spacial score (nSPS) is 11.7. The van der Waals surface area contributed by atoms with E-state index in [1.165, 1.54) is 0 Å². The lowest BCUT2D eigenvalue weighted by Crippen LogP contribution is -1.98. The van der Waals surface area contributed by atoms with E-state index < -0.39 is 0 Å². The van der Waals surface area contributed by atoms with Gasteiger partial charge in [0.1, 0.15) is 0 Å². The molecule has 0 amide bonds. The second-order valence-electron chi connectivity index (χ2n) is 8.11. The summed E-state index contributed by atoms with van der Waals surface area (Å²) >= 11 is 0. The van der Waals surface area contributed by atoms with Crippen LogP contribution in [0.15, 0.2) is 72.8 Å². The van der Waals surface area contributed by atoms with Crippen LogP contribution in [0.25, 0.3) is 43.6 Å². The Bertz CT molecular complexity index is 1510. The summed E-state index contributed by atoms with van der Waals surface area (Å²) in [5.74, 6) is 0. The maximum atomic E-state index is 4.98. The molecule has 0 spiro atoms. The van der Waals surface area contributed by atoms with Crippen LogP contribution in [0, 0.1) is 13.8 Å². The van der Waals surface area contributed by atoms with Gasteiger partial charge in [0.2, 0.25) is 0 Å². The lowest BCUT2D eigenvalue weighted by atomic mass is 10.1. The fourth-order valence-electron chi connectivity index (χ4n) is 4.19. The zero-order valence-corrected chi connectivity index (χ0v) is 17.4. The Morgan fingerprint density at radius 3 is 1.16 bits per heavy atom. The molecule has 31 heavy (non-hydrogen) atoms. The monoisotopic (exact) mass is 400 g/mol. The molecule has 0 aliphatic heterocycles. The summed E-state index contributed by atoms with van der Waals surface area (Å²) in [6.07, 6.45) is 0.663. The van der Waals surface area contributed by atoms with Gasteiger partial charge in [0.15, 0.2) is 0 Å². The highest BCUT2D eigenvalue weighted by atomic mass is 14.8. The number of aryl methyl sites for hydroxylation is 2. The minimum absolute atomic E-state index is 0.663. The molecule has 2 aromatic carbocycles. The van der Waals surface area contributed by atoms with Crippen LogP contribution in [-0.2, 0) is 6.42 Å². The molecule has 4 heterocycles. The molecular formula is C27H20N4. The first-order chi connectivity index (χ1) is 15.1. The number of fused-ring (bicyclic) bond motifs is 6. The minimum Gasteiger partial charge on any atom is -0.251 e. The van der Waals surface area contributed by atoms with Crippen LogP contribution in [0.2, 0.25) is 0 Å². The van der Waals surface area contributed by atoms with Crippen molar-refractivity contribution in [2.24, 2.45) is 0 Å². The minimum atomic E-state index is 0.663. The van der Waals surface area contributed by atoms with Crippen molar-refractivity contribution in [2.45, 2.75) is 20.3 Å². The van der Waals surface area contributed by atoms with Crippen molar-refractivity contribution in [1.29, 1.82) is 0 Å². The van der Waals surface area contributed by atoms with E-state index in [1.807, 2.05) is 26.0 Å². The van der Waals surface area contributed by atoms with Crippen molar-refractivity contribution in [3.05, 3.63) is 95.6 Å². The molecule has 4 nitrogen and oxygen atoms in total. The lowest BCUT2D eigenvalue weighted by molar-refractivity contribution is 1.04. The molecular weight excluding hydrogens is 380 g/mol. The highest BCUT2D eigenvalue weighted by Gasteiger charge is 2.09. The first-order valence-electron chi connectivity index (χ1n) is 10.5. The zero-order chi connectivity index (χ0) is 20.9. The Labute approximate surface area is 179 Å². The van der Waals surface area contributed by atoms with Gasteiger partial charge in [-0.25, -0.2) is 0 Å². The van der Waals surface area contributed by atoms with E-state index >= 15 is 0 Å². The molecule has 0 aliphatic rings. The number of nitrogens with zero attached hydrogens (tertiary/aromatic N) is 4. The molecule has 0 N–H and O–H groups in total. The predicted octanol–water partition coefficient (Wildman–Crippen LogP) is 6.09. The first kappa shape index (κ1) is 17.9. The van der Waals surface area contributed by atoms with Gasteiger partial charge in [0, 0.05) is 50.7 Å². The van der Waals surface area contributed by atoms with Crippen molar-refractivity contribution in [2.75, 3.05) is 0 Å². The SMILES string of the molecule is Cc1ccc2ccc3ccc(Cc4ccc5ccc6ccc(C)nc6c5n4)nc3c2n1. The van der Waals surface area contributed by atoms with Crippen molar-refractivity contribution in [1.82, 2.24) is 19.9 Å². The Balaban J connectivity index is 1.48. The molecule has 6 aromatic rings. The van der Waals surface area contributed by atoms with E-state index in [4.69, 9.17) is 19.9 Å². The zero-order valence-electron chi connectivity index (χ0n) is 17.4. The quantitative estimate of drug-likeness (QED) is 0.330. The van der Waals surface area contributed by atoms with Gasteiger partial charge in [-0.05, 0) is 38.1 Å². The van der Waals surface area contributed by atoms with E-state index in [2.05, 4.69) is 60.7 Å². The van der Waals surface area contributed by atoms with Gasteiger partial charge < -0.3 is 0 Å². The summed E-state index contributed by atoms with van der Waals surface area (Å²) in [6.45, 7) is 4.03. The number of hydrogen-bond donors (Lipinski definition) is 0. The van der Waals surface area contributed by atoms with Crippen molar-refractivity contribution >= 4 is 43.6 Å². The summed E-state index contributed by atoms with van der Waals surface area (Å²) in [4.78, 5) is 19.5. The topological polar surface area (TPSA) is 51.6 Å². The van der Waals surface area contributed by atoms with Gasteiger partial charge in [-0.15, -0.1) is 0 Å². The van der Waals surface area contributed by atoms with Crippen LogP contribution in [0.1, 0.15) is 22.8 Å². The van der Waals surface area contributed by atoms with Crippen LogP contribution in [0.5, 0.6) is 0 Å². The first-order valence-corrected chi connectivity index (χ1v) is 10.5. The van der Waals surface area contributed by atoms with E-state index in [9.17, 15) is 0 Å². The summed E-state index contributed by atoms with van der Waals surface area (Å²) in [5, 5.41) is 4.43. The molecule has 4 aromatic heterocycles. The Morgan fingerprint density at radius 1 is 0.419 bits per heavy atom. The van der Waals surface area contributed by atoms with Gasteiger partial charge >= 0.3 is 0 Å². The third kappa shape index (κ3) is 3.08. The molecule has 0 saturated carbocycles. The molecule has 0 fully saturated rings. The van der Waals surface area contributed by atoms with Gasteiger partial charge in [-0.2, -0.15) is 0 Å². The maximum absolute atomic E-state index is 4.98. The van der Waals surface area contributed by atoms with E-state index in [0.29, 0.717) is 6.42 Å². The molecule has 0 aliphatic carbocycles. The lowest BCUT2D eigenvalue weighted by Gasteiger charge is -2.08. The van der Waals surface area contributed by atoms with Crippen LogP contribution in [0.3, 0.4) is 0 Å². The van der Waals surface area contributed by atoms with Crippen molar-refractivity contribution in [3.8, 4) is 0 Å². The fourth-order valence-corrected chi connectivity index (χ4v) is 4.19. The standard InChI is InChI=1S/C27H20N4/c1-16-3-5-18-7-9-20-11-13-22(30-26(20)24(18)28-16)15-23-14-12-21-10-8-19-6-4-17(2)29-25(19)27(21)31-23/h3-14H,15H2,1-2H3. The number of pyridine rings is 4.